The van der Waals surface area contributed by atoms with Crippen LogP contribution in [0.15, 0.2) is 164 Å². The van der Waals surface area contributed by atoms with E-state index in [1.54, 1.807) is 0 Å². The van der Waals surface area contributed by atoms with Crippen LogP contribution >= 0.6 is 0 Å². The van der Waals surface area contributed by atoms with Gasteiger partial charge in [-0.25, -0.2) is 4.98 Å². The van der Waals surface area contributed by atoms with Gasteiger partial charge in [-0.2, -0.15) is 5.26 Å². The van der Waals surface area contributed by atoms with E-state index < -0.39 is 0 Å². The summed E-state index contributed by atoms with van der Waals surface area (Å²) in [6.07, 6.45) is 0. The summed E-state index contributed by atoms with van der Waals surface area (Å²) in [5.41, 5.74) is 13.3. The highest BCUT2D eigenvalue weighted by atomic mass is 15.3. The Morgan fingerprint density at radius 3 is 1.84 bits per heavy atom. The first-order valence-corrected chi connectivity index (χ1v) is 16.5. The number of nitriles is 1. The second-order valence-corrected chi connectivity index (χ2v) is 12.4. The van der Waals surface area contributed by atoms with Gasteiger partial charge in [0.25, 0.3) is 0 Å². The molecule has 49 heavy (non-hydrogen) atoms. The molecule has 1 aliphatic rings. The first kappa shape index (κ1) is 28.5. The highest BCUT2D eigenvalue weighted by Crippen LogP contribution is 2.55. The molecule has 0 bridgehead atoms. The van der Waals surface area contributed by atoms with Crippen LogP contribution in [0.25, 0.3) is 44.1 Å². The van der Waals surface area contributed by atoms with Gasteiger partial charge in [0.1, 0.15) is 0 Å². The van der Waals surface area contributed by atoms with Crippen molar-refractivity contribution < 1.29 is 0 Å². The quantitative estimate of drug-likeness (QED) is 0.195. The normalized spacial score (nSPS) is 12.1. The third kappa shape index (κ3) is 4.64. The molecule has 0 N–H and O–H groups in total. The molecule has 9 rings (SSSR count). The summed E-state index contributed by atoms with van der Waals surface area (Å²) in [5, 5.41) is 13.0. The van der Waals surface area contributed by atoms with Gasteiger partial charge >= 0.3 is 0 Å². The molecule has 4 nitrogen and oxygen atoms in total. The number of anilines is 6. The van der Waals surface area contributed by atoms with Crippen LogP contribution in [-0.4, -0.2) is 4.98 Å². The molecule has 0 saturated heterocycles. The van der Waals surface area contributed by atoms with Crippen LogP contribution in [0.1, 0.15) is 11.1 Å². The Bertz CT molecular complexity index is 2530. The molecule has 0 aliphatic carbocycles. The molecule has 230 valence electrons. The second-order valence-electron chi connectivity index (χ2n) is 12.4. The van der Waals surface area contributed by atoms with Gasteiger partial charge in [0.05, 0.1) is 51.3 Å². The summed E-state index contributed by atoms with van der Waals surface area (Å²) in [6.45, 7) is 2.18. The number of aromatic nitrogens is 1. The number of rotatable bonds is 4. The molecular formula is C45H30N4. The Labute approximate surface area is 285 Å². The van der Waals surface area contributed by atoms with Gasteiger partial charge < -0.3 is 9.80 Å². The molecule has 8 aromatic rings. The van der Waals surface area contributed by atoms with Crippen LogP contribution < -0.4 is 9.80 Å². The monoisotopic (exact) mass is 626 g/mol. The lowest BCUT2D eigenvalue weighted by atomic mass is 9.91. The zero-order valence-corrected chi connectivity index (χ0v) is 26.9. The lowest BCUT2D eigenvalue weighted by molar-refractivity contribution is 1.17. The Hall–Kier alpha value is -6.70. The van der Waals surface area contributed by atoms with Crippen molar-refractivity contribution in [3.8, 4) is 28.5 Å². The molecule has 0 fully saturated rings. The van der Waals surface area contributed by atoms with Crippen molar-refractivity contribution in [2.75, 3.05) is 9.80 Å². The lowest BCUT2D eigenvalue weighted by Gasteiger charge is -2.40. The van der Waals surface area contributed by atoms with Gasteiger partial charge in [-0.05, 0) is 95.1 Å². The largest absolute Gasteiger partial charge is 0.306 e. The van der Waals surface area contributed by atoms with E-state index in [2.05, 4.69) is 162 Å². The summed E-state index contributed by atoms with van der Waals surface area (Å²) < 4.78 is 0. The van der Waals surface area contributed by atoms with Crippen molar-refractivity contribution >= 4 is 55.8 Å². The van der Waals surface area contributed by atoms with Crippen molar-refractivity contribution in [1.29, 1.82) is 5.26 Å². The Kier molecular flexibility index (Phi) is 6.71. The maximum Gasteiger partial charge on any atom is 0.0991 e. The number of hydrogen-bond donors (Lipinski definition) is 0. The Morgan fingerprint density at radius 2 is 1.14 bits per heavy atom. The first-order chi connectivity index (χ1) is 24.2. The van der Waals surface area contributed by atoms with Gasteiger partial charge in [0.2, 0.25) is 0 Å². The molecule has 0 unspecified atom stereocenters. The fourth-order valence-electron chi connectivity index (χ4n) is 7.27. The fourth-order valence-corrected chi connectivity index (χ4v) is 7.27. The smallest absolute Gasteiger partial charge is 0.0991 e. The molecule has 7 aromatic carbocycles. The van der Waals surface area contributed by atoms with Gasteiger partial charge in [-0.3, -0.25) is 0 Å². The average Bonchev–Trinajstić information content (AvgIpc) is 3.17. The molecule has 1 aliphatic heterocycles. The molecule has 0 spiro atoms. The van der Waals surface area contributed by atoms with E-state index in [1.165, 1.54) is 10.8 Å². The summed E-state index contributed by atoms with van der Waals surface area (Å²) in [5.74, 6) is 0. The predicted octanol–water partition coefficient (Wildman–Crippen LogP) is 12.2. The van der Waals surface area contributed by atoms with E-state index in [-0.39, 0.29) is 0 Å². The molecular weight excluding hydrogens is 597 g/mol. The third-order valence-corrected chi connectivity index (χ3v) is 9.52. The standard InChI is InChI=1S/C45H30N4/c1-30-22-27-43(49-41-20-9-7-18-39(41)48(34-14-3-2-4-15-34)40-19-8-10-21-42(40)49)45-44(30)37(36-17-11-13-32-12-5-6-16-35(32)36)28-38(47-45)33-25-23-31(29-46)24-26-33/h2-28H,1H3. The third-order valence-electron chi connectivity index (χ3n) is 9.52. The van der Waals surface area contributed by atoms with Gasteiger partial charge in [-0.1, -0.05) is 103 Å². The minimum atomic E-state index is 0.625. The molecule has 0 saturated carbocycles. The number of nitrogens with zero attached hydrogens (tertiary/aromatic N) is 4. The maximum absolute atomic E-state index is 9.52. The molecule has 2 heterocycles. The molecule has 1 aromatic heterocycles. The van der Waals surface area contributed by atoms with Crippen LogP contribution in [0.5, 0.6) is 0 Å². The average molecular weight is 627 g/mol. The van der Waals surface area contributed by atoms with Crippen LogP contribution in [0.4, 0.5) is 34.1 Å². The summed E-state index contributed by atoms with van der Waals surface area (Å²) in [4.78, 5) is 10.2. The van der Waals surface area contributed by atoms with Crippen molar-refractivity contribution in [3.05, 3.63) is 175 Å². The zero-order chi connectivity index (χ0) is 32.9. The Balaban J connectivity index is 1.37. The summed E-state index contributed by atoms with van der Waals surface area (Å²) in [6, 6.07) is 59.5. The summed E-state index contributed by atoms with van der Waals surface area (Å²) in [7, 11) is 0. The number of pyridine rings is 1. The second kappa shape index (κ2) is 11.5. The first-order valence-electron chi connectivity index (χ1n) is 16.5. The van der Waals surface area contributed by atoms with Crippen LogP contribution in [0, 0.1) is 18.3 Å². The molecule has 0 atom stereocenters. The minimum Gasteiger partial charge on any atom is -0.306 e. The number of aryl methyl sites for hydroxylation is 1. The SMILES string of the molecule is Cc1ccc(N2c3ccccc3N(c3ccccc3)c3ccccc32)c2nc(-c3ccc(C#N)cc3)cc(-c3cccc4ccccc34)c12. The van der Waals surface area contributed by atoms with E-state index >= 15 is 0 Å². The highest BCUT2D eigenvalue weighted by molar-refractivity contribution is 6.12. The molecule has 4 heteroatoms. The number of hydrogen-bond acceptors (Lipinski definition) is 4. The van der Waals surface area contributed by atoms with Gasteiger partial charge in [-0.15, -0.1) is 0 Å². The summed E-state index contributed by atoms with van der Waals surface area (Å²) >= 11 is 0. The number of para-hydroxylation sites is 5. The van der Waals surface area contributed by atoms with E-state index in [9.17, 15) is 5.26 Å². The van der Waals surface area contributed by atoms with Crippen LogP contribution in [0.3, 0.4) is 0 Å². The van der Waals surface area contributed by atoms with Crippen LogP contribution in [-0.2, 0) is 0 Å². The maximum atomic E-state index is 9.52. The lowest BCUT2D eigenvalue weighted by Crippen LogP contribution is -2.24. The zero-order valence-electron chi connectivity index (χ0n) is 26.9. The van der Waals surface area contributed by atoms with Gasteiger partial charge in [0, 0.05) is 16.6 Å². The molecule has 0 radical (unpaired) electrons. The van der Waals surface area contributed by atoms with E-state index in [1.807, 2.05) is 24.3 Å². The molecule has 0 amide bonds. The number of benzene rings is 7. The van der Waals surface area contributed by atoms with E-state index in [4.69, 9.17) is 4.98 Å². The van der Waals surface area contributed by atoms with E-state index in [0.29, 0.717) is 5.56 Å². The van der Waals surface area contributed by atoms with E-state index in [0.717, 1.165) is 73.0 Å². The van der Waals surface area contributed by atoms with Crippen molar-refractivity contribution in [1.82, 2.24) is 4.98 Å². The number of fused-ring (bicyclic) bond motifs is 4. The minimum absolute atomic E-state index is 0.625. The van der Waals surface area contributed by atoms with Crippen molar-refractivity contribution in [2.24, 2.45) is 0 Å². The van der Waals surface area contributed by atoms with Gasteiger partial charge in [0.15, 0.2) is 0 Å². The topological polar surface area (TPSA) is 43.2 Å². The fraction of sp³-hybridized carbons (Fsp3) is 0.0222. The highest BCUT2D eigenvalue weighted by Gasteiger charge is 2.31. The Morgan fingerprint density at radius 1 is 0.531 bits per heavy atom. The van der Waals surface area contributed by atoms with Crippen molar-refractivity contribution in [2.45, 2.75) is 6.92 Å². The van der Waals surface area contributed by atoms with Crippen molar-refractivity contribution in [3.63, 3.8) is 0 Å². The van der Waals surface area contributed by atoms with Crippen LogP contribution in [0.2, 0.25) is 0 Å². The predicted molar refractivity (Wildman–Crippen MR) is 202 cm³/mol.